The van der Waals surface area contributed by atoms with Crippen LogP contribution in [0.3, 0.4) is 0 Å². The predicted octanol–water partition coefficient (Wildman–Crippen LogP) is 2.39. The van der Waals surface area contributed by atoms with Gasteiger partial charge in [0.15, 0.2) is 0 Å². The lowest BCUT2D eigenvalue weighted by molar-refractivity contribution is -0.137. The highest BCUT2D eigenvalue weighted by Gasteiger charge is 2.35. The number of hydrogen-bond donors (Lipinski definition) is 2. The van der Waals surface area contributed by atoms with Gasteiger partial charge in [0.05, 0.1) is 17.9 Å². The molecule has 0 aliphatic carbocycles. The number of halogens is 1. The normalized spacial score (nSPS) is 18.7. The van der Waals surface area contributed by atoms with E-state index in [1.165, 1.54) is 0 Å². The van der Waals surface area contributed by atoms with Crippen LogP contribution in [0.5, 0.6) is 0 Å². The van der Waals surface area contributed by atoms with E-state index < -0.39 is 17.4 Å². The zero-order valence-corrected chi connectivity index (χ0v) is 12.3. The fraction of sp³-hybridized carbons (Fsp3) is 0.467. The smallest absolute Gasteiger partial charge is 0.305 e. The third-order valence-electron chi connectivity index (χ3n) is 3.86. The molecule has 1 heterocycles. The van der Waals surface area contributed by atoms with Gasteiger partial charge in [-0.05, 0) is 36.1 Å². The molecule has 0 unspecified atom stereocenters. The van der Waals surface area contributed by atoms with E-state index >= 15 is 0 Å². The van der Waals surface area contributed by atoms with Crippen molar-refractivity contribution in [3.8, 4) is 6.07 Å². The molecule has 1 atom stereocenters. The Bertz CT molecular complexity index is 577. The molecule has 2 rings (SSSR count). The van der Waals surface area contributed by atoms with Gasteiger partial charge in [-0.3, -0.25) is 4.79 Å². The van der Waals surface area contributed by atoms with E-state index in [1.807, 2.05) is 0 Å². The zero-order chi connectivity index (χ0) is 15.5. The van der Waals surface area contributed by atoms with Gasteiger partial charge in [-0.15, -0.1) is 0 Å². The Morgan fingerprint density at radius 3 is 2.71 bits per heavy atom. The molecular weight excluding hydrogens is 292 g/mol. The highest BCUT2D eigenvalue weighted by Crippen LogP contribution is 2.36. The van der Waals surface area contributed by atoms with Crippen LogP contribution in [0.25, 0.3) is 0 Å². The second-order valence-corrected chi connectivity index (χ2v) is 5.72. The third-order valence-corrected chi connectivity index (χ3v) is 4.07. The van der Waals surface area contributed by atoms with E-state index in [9.17, 15) is 10.1 Å². The third kappa shape index (κ3) is 3.53. The number of nitrogens with zero attached hydrogens (tertiary/aromatic N) is 1. The minimum atomic E-state index is -0.968. The largest absolute Gasteiger partial charge is 0.481 e. The highest BCUT2D eigenvalue weighted by atomic mass is 35.5. The zero-order valence-electron chi connectivity index (χ0n) is 11.5. The van der Waals surface area contributed by atoms with Crippen LogP contribution in [0.4, 0.5) is 0 Å². The van der Waals surface area contributed by atoms with Crippen molar-refractivity contribution in [2.24, 2.45) is 5.73 Å². The first-order valence-electron chi connectivity index (χ1n) is 6.74. The van der Waals surface area contributed by atoms with Gasteiger partial charge in [0, 0.05) is 24.3 Å². The predicted molar refractivity (Wildman–Crippen MR) is 78.0 cm³/mol. The molecule has 112 valence electrons. The lowest BCUT2D eigenvalue weighted by Crippen LogP contribution is -2.32. The number of nitrogens with two attached hydrogens (primary N) is 1. The topological polar surface area (TPSA) is 96.3 Å². The molecule has 0 amide bonds. The molecule has 1 aromatic rings. The summed E-state index contributed by atoms with van der Waals surface area (Å²) in [7, 11) is 0. The Morgan fingerprint density at radius 1 is 1.48 bits per heavy atom. The maximum absolute atomic E-state index is 10.8. The number of aliphatic carboxylic acids is 1. The Labute approximate surface area is 128 Å². The average molecular weight is 309 g/mol. The molecule has 1 saturated heterocycles. The summed E-state index contributed by atoms with van der Waals surface area (Å²) in [5, 5.41) is 18.9. The van der Waals surface area contributed by atoms with Crippen molar-refractivity contribution in [3.05, 3.63) is 34.3 Å². The van der Waals surface area contributed by atoms with Crippen molar-refractivity contribution < 1.29 is 14.6 Å². The van der Waals surface area contributed by atoms with E-state index in [-0.39, 0.29) is 6.42 Å². The molecule has 6 heteroatoms. The van der Waals surface area contributed by atoms with Crippen LogP contribution < -0.4 is 5.73 Å². The second kappa shape index (κ2) is 6.44. The lowest BCUT2D eigenvalue weighted by Gasteiger charge is -2.31. The molecule has 0 aromatic heterocycles. The van der Waals surface area contributed by atoms with Crippen molar-refractivity contribution in [2.45, 2.75) is 30.7 Å². The Hall–Kier alpha value is -1.61. The molecule has 0 spiro atoms. The summed E-state index contributed by atoms with van der Waals surface area (Å²) >= 11 is 6.13. The molecule has 0 bridgehead atoms. The number of rotatable bonds is 4. The number of ether oxygens (including phenoxy) is 1. The Kier molecular flexibility index (Phi) is 4.84. The summed E-state index contributed by atoms with van der Waals surface area (Å²) in [5.41, 5.74) is 6.69. The number of benzene rings is 1. The Balaban J connectivity index is 2.38. The van der Waals surface area contributed by atoms with Gasteiger partial charge in [0.1, 0.15) is 0 Å². The van der Waals surface area contributed by atoms with Crippen LogP contribution >= 0.6 is 11.6 Å². The van der Waals surface area contributed by atoms with Crippen molar-refractivity contribution in [2.75, 3.05) is 13.2 Å². The lowest BCUT2D eigenvalue weighted by atomic mass is 9.75. The quantitative estimate of drug-likeness (QED) is 0.890. The maximum atomic E-state index is 10.8. The van der Waals surface area contributed by atoms with E-state index in [2.05, 4.69) is 6.07 Å². The first-order chi connectivity index (χ1) is 9.97. The van der Waals surface area contributed by atoms with E-state index in [0.717, 1.165) is 5.56 Å². The molecule has 1 aromatic carbocycles. The van der Waals surface area contributed by atoms with Crippen LogP contribution in [0.1, 0.15) is 36.4 Å². The standard InChI is InChI=1S/C15H17ClN2O3/c16-12-6-10(13(18)8-14(19)20)5-11(7-12)15(9-17)1-3-21-4-2-15/h5-7,13H,1-4,8,18H2,(H,19,20)/t13-/m0/s1. The number of hydrogen-bond acceptors (Lipinski definition) is 4. The molecule has 21 heavy (non-hydrogen) atoms. The first kappa shape index (κ1) is 15.8. The summed E-state index contributed by atoms with van der Waals surface area (Å²) in [6.07, 6.45) is 1.01. The van der Waals surface area contributed by atoms with Crippen molar-refractivity contribution in [1.82, 2.24) is 0 Å². The van der Waals surface area contributed by atoms with E-state index in [0.29, 0.717) is 36.6 Å². The fourth-order valence-electron chi connectivity index (χ4n) is 2.59. The van der Waals surface area contributed by atoms with Crippen LogP contribution in [0.15, 0.2) is 18.2 Å². The summed E-state index contributed by atoms with van der Waals surface area (Å²) in [5.74, 6) is -0.968. The molecule has 1 aliphatic rings. The van der Waals surface area contributed by atoms with Gasteiger partial charge >= 0.3 is 5.97 Å². The number of carboxylic acids is 1. The molecule has 0 saturated carbocycles. The summed E-state index contributed by atoms with van der Waals surface area (Å²) in [4.78, 5) is 10.8. The average Bonchev–Trinajstić information content (AvgIpc) is 2.46. The van der Waals surface area contributed by atoms with Crippen LogP contribution in [0.2, 0.25) is 5.02 Å². The molecule has 0 radical (unpaired) electrons. The fourth-order valence-corrected chi connectivity index (χ4v) is 2.84. The van der Waals surface area contributed by atoms with E-state index in [1.54, 1.807) is 18.2 Å². The number of carbonyl (C=O) groups is 1. The SMILES string of the molecule is N#CC1(c2cc(Cl)cc([C@@H](N)CC(=O)O)c2)CCOCC1. The van der Waals surface area contributed by atoms with Gasteiger partial charge in [-0.2, -0.15) is 5.26 Å². The minimum absolute atomic E-state index is 0.178. The van der Waals surface area contributed by atoms with Crippen molar-refractivity contribution >= 4 is 17.6 Å². The first-order valence-corrected chi connectivity index (χ1v) is 7.12. The summed E-state index contributed by atoms with van der Waals surface area (Å²) < 4.78 is 5.32. The molecular formula is C15H17ClN2O3. The number of carboxylic acid groups (broad SMARTS) is 1. The van der Waals surface area contributed by atoms with Gasteiger partial charge in [-0.25, -0.2) is 0 Å². The molecule has 5 nitrogen and oxygen atoms in total. The second-order valence-electron chi connectivity index (χ2n) is 5.28. The van der Waals surface area contributed by atoms with E-state index in [4.69, 9.17) is 27.2 Å². The van der Waals surface area contributed by atoms with Gasteiger partial charge < -0.3 is 15.6 Å². The summed E-state index contributed by atoms with van der Waals surface area (Å²) in [6.45, 7) is 1.05. The van der Waals surface area contributed by atoms with Crippen molar-refractivity contribution in [1.29, 1.82) is 5.26 Å². The number of nitriles is 1. The van der Waals surface area contributed by atoms with Crippen molar-refractivity contribution in [3.63, 3.8) is 0 Å². The molecule has 3 N–H and O–H groups in total. The highest BCUT2D eigenvalue weighted by molar-refractivity contribution is 6.30. The summed E-state index contributed by atoms with van der Waals surface area (Å²) in [6, 6.07) is 6.94. The minimum Gasteiger partial charge on any atom is -0.481 e. The van der Waals surface area contributed by atoms with Crippen LogP contribution in [-0.4, -0.2) is 24.3 Å². The maximum Gasteiger partial charge on any atom is 0.305 e. The van der Waals surface area contributed by atoms with Crippen LogP contribution in [0, 0.1) is 11.3 Å². The van der Waals surface area contributed by atoms with Gasteiger partial charge in [-0.1, -0.05) is 17.7 Å². The van der Waals surface area contributed by atoms with Gasteiger partial charge in [0.25, 0.3) is 0 Å². The van der Waals surface area contributed by atoms with Crippen LogP contribution in [-0.2, 0) is 14.9 Å². The Morgan fingerprint density at radius 2 is 2.14 bits per heavy atom. The molecule has 1 fully saturated rings. The molecule has 1 aliphatic heterocycles. The monoisotopic (exact) mass is 308 g/mol. The van der Waals surface area contributed by atoms with Gasteiger partial charge in [0.2, 0.25) is 0 Å².